The molecule has 5 nitrogen and oxygen atoms in total. The van der Waals surface area contributed by atoms with Gasteiger partial charge in [0.1, 0.15) is 5.82 Å². The second kappa shape index (κ2) is 5.72. The Kier molecular flexibility index (Phi) is 3.82. The topological polar surface area (TPSA) is 78.8 Å². The summed E-state index contributed by atoms with van der Waals surface area (Å²) in [6.45, 7) is 0. The number of hydrogen-bond acceptors (Lipinski definition) is 3. The van der Waals surface area contributed by atoms with Gasteiger partial charge in [0, 0.05) is 17.7 Å². The highest BCUT2D eigenvalue weighted by Crippen LogP contribution is 2.08. The molecule has 0 unspecified atom stereocenters. The Morgan fingerprint density at radius 3 is 2.58 bits per heavy atom. The van der Waals surface area contributed by atoms with Gasteiger partial charge in [0.15, 0.2) is 18.2 Å². The van der Waals surface area contributed by atoms with E-state index in [1.54, 1.807) is 24.5 Å². The van der Waals surface area contributed by atoms with Crippen LogP contribution in [0.2, 0.25) is 0 Å². The molecule has 2 aromatic rings. The second-order valence-electron chi connectivity index (χ2n) is 3.62. The van der Waals surface area contributed by atoms with Crippen LogP contribution in [0.1, 0.15) is 15.9 Å². The first kappa shape index (κ1) is 12.7. The highest BCUT2D eigenvalue weighted by Gasteiger charge is 2.12. The van der Waals surface area contributed by atoms with Gasteiger partial charge in [-0.1, -0.05) is 17.3 Å². The van der Waals surface area contributed by atoms with Crippen molar-refractivity contribution >= 4 is 11.8 Å². The Morgan fingerprint density at radius 1 is 1.21 bits per heavy atom. The first-order chi connectivity index (χ1) is 9.18. The molecule has 0 bridgehead atoms. The van der Waals surface area contributed by atoms with Gasteiger partial charge in [0.2, 0.25) is 0 Å². The number of nitrogens with zero attached hydrogens (tertiary/aromatic N) is 1. The highest BCUT2D eigenvalue weighted by molar-refractivity contribution is 5.97. The molecule has 6 heteroatoms. The lowest BCUT2D eigenvalue weighted by Crippen LogP contribution is -2.16. The molecule has 0 fully saturated rings. The number of nitrogens with one attached hydrogen (secondary N) is 1. The fraction of sp³-hybridized carbons (Fsp3) is 0. The molecule has 96 valence electrons. The zero-order valence-electron chi connectivity index (χ0n) is 9.84. The van der Waals surface area contributed by atoms with Crippen LogP contribution in [0.3, 0.4) is 0 Å². The first-order valence-corrected chi connectivity index (χ1v) is 5.44. The molecule has 19 heavy (non-hydrogen) atoms. The number of hydrogen-bond donors (Lipinski definition) is 1. The van der Waals surface area contributed by atoms with Gasteiger partial charge in [-0.2, -0.15) is 0 Å². The van der Waals surface area contributed by atoms with Crippen molar-refractivity contribution in [1.29, 1.82) is 0 Å². The summed E-state index contributed by atoms with van der Waals surface area (Å²) in [6.07, 6.45) is 3.30. The van der Waals surface area contributed by atoms with Crippen molar-refractivity contribution in [3.05, 3.63) is 65.7 Å². The van der Waals surface area contributed by atoms with Crippen molar-refractivity contribution in [2.24, 2.45) is 10.9 Å². The van der Waals surface area contributed by atoms with E-state index in [0.29, 0.717) is 5.56 Å². The normalized spacial score (nSPS) is 11.1. The van der Waals surface area contributed by atoms with Crippen LogP contribution in [0.5, 0.6) is 0 Å². The Bertz CT molecular complexity index is 614. The molecule has 2 rings (SSSR count). The third kappa shape index (κ3) is 3.12. The van der Waals surface area contributed by atoms with Crippen molar-refractivity contribution in [2.45, 2.75) is 0 Å². The number of halogens is 1. The average molecular weight is 260 g/mol. The van der Waals surface area contributed by atoms with Gasteiger partial charge < -0.3 is 10.6 Å². The number of H-pyrrole nitrogens is 1. The largest absolute Gasteiger partial charge is 0.380 e. The summed E-state index contributed by atoms with van der Waals surface area (Å²) in [6, 6.07) is 8.80. The fourth-order valence-electron chi connectivity index (χ4n) is 1.38. The van der Waals surface area contributed by atoms with E-state index in [9.17, 15) is 9.18 Å². The number of aromatic nitrogens is 1. The van der Waals surface area contributed by atoms with Crippen LogP contribution >= 0.6 is 0 Å². The van der Waals surface area contributed by atoms with E-state index in [1.807, 2.05) is 0 Å². The molecule has 0 atom stereocenters. The molecular formula is C13H11FN3O2+. The van der Waals surface area contributed by atoms with E-state index in [0.717, 1.165) is 6.07 Å². The summed E-state index contributed by atoms with van der Waals surface area (Å²) in [5.41, 5.74) is 6.01. The first-order valence-electron chi connectivity index (χ1n) is 5.44. The summed E-state index contributed by atoms with van der Waals surface area (Å²) in [7, 11) is 0. The Hall–Kier alpha value is -2.76. The quantitative estimate of drug-likeness (QED) is 0.388. The minimum absolute atomic E-state index is 0.0266. The van der Waals surface area contributed by atoms with Gasteiger partial charge in [0.25, 0.3) is 0 Å². The van der Waals surface area contributed by atoms with Crippen molar-refractivity contribution in [3.63, 3.8) is 0 Å². The van der Waals surface area contributed by atoms with Gasteiger partial charge in [-0.3, -0.25) is 0 Å². The van der Waals surface area contributed by atoms with Crippen molar-refractivity contribution in [1.82, 2.24) is 0 Å². The minimum atomic E-state index is -0.899. The van der Waals surface area contributed by atoms with E-state index in [2.05, 4.69) is 15.0 Å². The molecule has 0 saturated heterocycles. The molecule has 0 aliphatic heterocycles. The molecule has 1 aromatic carbocycles. The number of aromatic amines is 1. The number of carbonyl (C=O) groups is 1. The zero-order chi connectivity index (χ0) is 13.7. The molecule has 0 aliphatic rings. The Labute approximate surface area is 108 Å². The fourth-order valence-corrected chi connectivity index (χ4v) is 1.38. The predicted octanol–water partition coefficient (Wildman–Crippen LogP) is 1.12. The monoisotopic (exact) mass is 260 g/mol. The Morgan fingerprint density at radius 2 is 1.89 bits per heavy atom. The SMILES string of the molecule is NC(=NOC(=O)c1ccccc1F)c1cc[nH+]cc1. The second-order valence-corrected chi connectivity index (χ2v) is 3.62. The summed E-state index contributed by atoms with van der Waals surface area (Å²) in [4.78, 5) is 19.0. The van der Waals surface area contributed by atoms with E-state index in [1.165, 1.54) is 18.2 Å². The van der Waals surface area contributed by atoms with Crippen LogP contribution in [-0.4, -0.2) is 11.8 Å². The maximum atomic E-state index is 13.3. The third-order valence-electron chi connectivity index (χ3n) is 2.33. The maximum Gasteiger partial charge on any atom is 0.368 e. The Balaban J connectivity index is 2.11. The lowest BCUT2D eigenvalue weighted by molar-refractivity contribution is -0.378. The lowest BCUT2D eigenvalue weighted by atomic mass is 10.2. The number of oxime groups is 1. The van der Waals surface area contributed by atoms with Gasteiger partial charge in [-0.25, -0.2) is 14.2 Å². The lowest BCUT2D eigenvalue weighted by Gasteiger charge is -2.01. The van der Waals surface area contributed by atoms with Crippen molar-refractivity contribution in [3.8, 4) is 0 Å². The molecule has 1 heterocycles. The molecule has 0 spiro atoms. The number of amidine groups is 1. The van der Waals surface area contributed by atoms with Crippen LogP contribution in [0, 0.1) is 5.82 Å². The van der Waals surface area contributed by atoms with Gasteiger partial charge in [-0.05, 0) is 12.1 Å². The summed E-state index contributed by atoms with van der Waals surface area (Å²) in [5, 5.41) is 3.48. The van der Waals surface area contributed by atoms with Crippen LogP contribution in [0.4, 0.5) is 4.39 Å². The van der Waals surface area contributed by atoms with Crippen LogP contribution in [0.15, 0.2) is 53.9 Å². The van der Waals surface area contributed by atoms with Gasteiger partial charge >= 0.3 is 5.97 Å². The van der Waals surface area contributed by atoms with Crippen molar-refractivity contribution < 1.29 is 19.0 Å². The molecule has 1 aromatic heterocycles. The average Bonchev–Trinajstić information content (AvgIpc) is 2.46. The summed E-state index contributed by atoms with van der Waals surface area (Å²) in [5.74, 6) is -1.54. The molecule has 0 aliphatic carbocycles. The van der Waals surface area contributed by atoms with E-state index in [4.69, 9.17) is 5.73 Å². The molecular weight excluding hydrogens is 249 g/mol. The standard InChI is InChI=1S/C13H10FN3O2/c14-11-4-2-1-3-10(11)13(18)19-17-12(15)9-5-7-16-8-6-9/h1-8H,(H2,15,17)/p+1. The van der Waals surface area contributed by atoms with E-state index < -0.39 is 11.8 Å². The smallest absolute Gasteiger partial charge is 0.368 e. The van der Waals surface area contributed by atoms with Crippen molar-refractivity contribution in [2.75, 3.05) is 0 Å². The van der Waals surface area contributed by atoms with Gasteiger partial charge in [0.05, 0.1) is 5.56 Å². The molecule has 3 N–H and O–H groups in total. The minimum Gasteiger partial charge on any atom is -0.380 e. The van der Waals surface area contributed by atoms with Crippen LogP contribution in [0.25, 0.3) is 0 Å². The van der Waals surface area contributed by atoms with E-state index in [-0.39, 0.29) is 11.4 Å². The molecule has 0 amide bonds. The predicted molar refractivity (Wildman–Crippen MR) is 65.5 cm³/mol. The number of nitrogens with two attached hydrogens (primary N) is 1. The van der Waals surface area contributed by atoms with Crippen LogP contribution < -0.4 is 10.7 Å². The highest BCUT2D eigenvalue weighted by atomic mass is 19.1. The zero-order valence-corrected chi connectivity index (χ0v) is 9.84. The van der Waals surface area contributed by atoms with E-state index >= 15 is 0 Å². The number of rotatable bonds is 3. The van der Waals surface area contributed by atoms with Crippen LogP contribution in [-0.2, 0) is 4.84 Å². The van der Waals surface area contributed by atoms with Gasteiger partial charge in [-0.15, -0.1) is 0 Å². The number of pyridine rings is 1. The maximum absolute atomic E-state index is 13.3. The summed E-state index contributed by atoms with van der Waals surface area (Å²) < 4.78 is 13.3. The third-order valence-corrected chi connectivity index (χ3v) is 2.33. The number of benzene rings is 1. The molecule has 0 radical (unpaired) electrons. The summed E-state index contributed by atoms with van der Waals surface area (Å²) >= 11 is 0. The molecule has 0 saturated carbocycles. The number of carbonyl (C=O) groups excluding carboxylic acids is 1.